The van der Waals surface area contributed by atoms with Gasteiger partial charge >= 0.3 is 0 Å². The van der Waals surface area contributed by atoms with Crippen molar-refractivity contribution in [1.29, 1.82) is 0 Å². The molecule has 2 heterocycles. The summed E-state index contributed by atoms with van der Waals surface area (Å²) in [6.07, 6.45) is 0.906. The van der Waals surface area contributed by atoms with Crippen LogP contribution in [0.1, 0.15) is 44.5 Å². The van der Waals surface area contributed by atoms with Crippen LogP contribution in [0.5, 0.6) is 0 Å². The summed E-state index contributed by atoms with van der Waals surface area (Å²) in [4.78, 5) is 10.3. The number of pyridine rings is 2. The first-order chi connectivity index (χ1) is 14.8. The van der Waals surface area contributed by atoms with Crippen molar-refractivity contribution in [1.82, 2.24) is 9.97 Å². The molecule has 1 aliphatic rings. The highest BCUT2D eigenvalue weighted by molar-refractivity contribution is 5.78. The largest absolute Gasteiger partial charge is 0.246 e. The van der Waals surface area contributed by atoms with Crippen LogP contribution in [0.25, 0.3) is 33.9 Å². The molecule has 0 saturated heterocycles. The van der Waals surface area contributed by atoms with Crippen molar-refractivity contribution in [2.75, 3.05) is 0 Å². The van der Waals surface area contributed by atoms with Gasteiger partial charge in [-0.2, -0.15) is 0 Å². The van der Waals surface area contributed by atoms with Crippen molar-refractivity contribution < 1.29 is 0 Å². The molecule has 4 aromatic rings. The van der Waals surface area contributed by atoms with Crippen LogP contribution in [0.3, 0.4) is 0 Å². The number of benzene rings is 2. The molecule has 2 heteroatoms. The van der Waals surface area contributed by atoms with Crippen LogP contribution in [0.15, 0.2) is 48.5 Å². The first-order valence-electron chi connectivity index (χ1n) is 11.0. The van der Waals surface area contributed by atoms with E-state index in [4.69, 9.17) is 9.97 Å². The Hall–Kier alpha value is -3.26. The molecule has 0 aliphatic heterocycles. The molecule has 0 atom stereocenters. The van der Waals surface area contributed by atoms with Crippen LogP contribution < -0.4 is 0 Å². The molecular formula is C29H28N2. The SMILES string of the molecule is Cc1cc(C)c(-c2ccc3c(n2)-c2nc(-c4c(C)cc(C)cc4C)ccc2C3)c(C)c1. The molecule has 5 rings (SSSR count). The van der Waals surface area contributed by atoms with Gasteiger partial charge in [-0.15, -0.1) is 0 Å². The Morgan fingerprint density at radius 1 is 0.516 bits per heavy atom. The Balaban J connectivity index is 1.66. The van der Waals surface area contributed by atoms with Gasteiger partial charge in [-0.05, 0) is 87.1 Å². The van der Waals surface area contributed by atoms with Crippen molar-refractivity contribution in [2.45, 2.75) is 48.0 Å². The lowest BCUT2D eigenvalue weighted by Gasteiger charge is -2.13. The quantitative estimate of drug-likeness (QED) is 0.310. The lowest BCUT2D eigenvalue weighted by molar-refractivity contribution is 1.21. The summed E-state index contributed by atoms with van der Waals surface area (Å²) in [6.45, 7) is 13.0. The lowest BCUT2D eigenvalue weighted by atomic mass is 9.96. The summed E-state index contributed by atoms with van der Waals surface area (Å²) in [5.74, 6) is 0. The fourth-order valence-corrected chi connectivity index (χ4v) is 5.32. The third kappa shape index (κ3) is 3.27. The van der Waals surface area contributed by atoms with Gasteiger partial charge in [-0.3, -0.25) is 0 Å². The molecule has 0 radical (unpaired) electrons. The highest BCUT2D eigenvalue weighted by atomic mass is 14.8. The first kappa shape index (κ1) is 19.7. The average Bonchev–Trinajstić information content (AvgIpc) is 3.04. The Morgan fingerprint density at radius 2 is 0.871 bits per heavy atom. The van der Waals surface area contributed by atoms with Gasteiger partial charge in [0.2, 0.25) is 0 Å². The van der Waals surface area contributed by atoms with Crippen LogP contribution in [0.2, 0.25) is 0 Å². The molecule has 2 aromatic carbocycles. The van der Waals surface area contributed by atoms with Crippen LogP contribution in [0, 0.1) is 41.5 Å². The number of aryl methyl sites for hydroxylation is 6. The molecule has 154 valence electrons. The van der Waals surface area contributed by atoms with Crippen LogP contribution in [-0.4, -0.2) is 9.97 Å². The van der Waals surface area contributed by atoms with E-state index in [9.17, 15) is 0 Å². The summed E-state index contributed by atoms with van der Waals surface area (Å²) in [5, 5.41) is 0. The van der Waals surface area contributed by atoms with Gasteiger partial charge in [0.25, 0.3) is 0 Å². The summed E-state index contributed by atoms with van der Waals surface area (Å²) >= 11 is 0. The van der Waals surface area contributed by atoms with Gasteiger partial charge in [0, 0.05) is 17.5 Å². The lowest BCUT2D eigenvalue weighted by Crippen LogP contribution is -1.97. The topological polar surface area (TPSA) is 25.8 Å². The third-order valence-corrected chi connectivity index (χ3v) is 6.43. The maximum atomic E-state index is 5.15. The van der Waals surface area contributed by atoms with Crippen molar-refractivity contribution in [2.24, 2.45) is 0 Å². The van der Waals surface area contributed by atoms with Crippen molar-refractivity contribution >= 4 is 0 Å². The van der Waals surface area contributed by atoms with E-state index in [0.29, 0.717) is 0 Å². The van der Waals surface area contributed by atoms with E-state index >= 15 is 0 Å². The van der Waals surface area contributed by atoms with Gasteiger partial charge in [0.15, 0.2) is 0 Å². The van der Waals surface area contributed by atoms with Gasteiger partial charge < -0.3 is 0 Å². The van der Waals surface area contributed by atoms with Crippen molar-refractivity contribution in [3.05, 3.63) is 93.0 Å². The highest BCUT2D eigenvalue weighted by Crippen LogP contribution is 2.38. The van der Waals surface area contributed by atoms with Crippen molar-refractivity contribution in [3.8, 4) is 33.9 Å². The zero-order chi connectivity index (χ0) is 21.9. The molecule has 2 nitrogen and oxygen atoms in total. The molecule has 0 saturated carbocycles. The smallest absolute Gasteiger partial charge is 0.0932 e. The summed E-state index contributed by atoms with van der Waals surface area (Å²) in [6, 6.07) is 17.8. The second kappa shape index (κ2) is 7.16. The van der Waals surface area contributed by atoms with Crippen molar-refractivity contribution in [3.63, 3.8) is 0 Å². The van der Waals surface area contributed by atoms with E-state index in [1.54, 1.807) is 0 Å². The van der Waals surface area contributed by atoms with E-state index in [0.717, 1.165) is 29.2 Å². The fraction of sp³-hybridized carbons (Fsp3) is 0.241. The normalized spacial score (nSPS) is 12.1. The van der Waals surface area contributed by atoms with Gasteiger partial charge in [-0.25, -0.2) is 9.97 Å². The Bertz CT molecular complexity index is 1210. The molecule has 0 unspecified atom stereocenters. The van der Waals surface area contributed by atoms with E-state index in [-0.39, 0.29) is 0 Å². The zero-order valence-corrected chi connectivity index (χ0v) is 19.2. The summed E-state index contributed by atoms with van der Waals surface area (Å²) < 4.78 is 0. The molecule has 0 fully saturated rings. The molecule has 31 heavy (non-hydrogen) atoms. The maximum Gasteiger partial charge on any atom is 0.0932 e. The van der Waals surface area contributed by atoms with E-state index in [1.807, 2.05) is 0 Å². The highest BCUT2D eigenvalue weighted by Gasteiger charge is 2.24. The van der Waals surface area contributed by atoms with E-state index < -0.39 is 0 Å². The molecule has 0 bridgehead atoms. The number of hydrogen-bond donors (Lipinski definition) is 0. The minimum absolute atomic E-state index is 0.906. The third-order valence-electron chi connectivity index (χ3n) is 6.43. The molecule has 2 aromatic heterocycles. The second-order valence-corrected chi connectivity index (χ2v) is 9.13. The Kier molecular flexibility index (Phi) is 4.55. The van der Waals surface area contributed by atoms with E-state index in [2.05, 4.69) is 90.1 Å². The van der Waals surface area contributed by atoms with Gasteiger partial charge in [0.05, 0.1) is 22.8 Å². The van der Waals surface area contributed by atoms with Crippen LogP contribution in [0.4, 0.5) is 0 Å². The molecule has 0 N–H and O–H groups in total. The minimum atomic E-state index is 0.906. The predicted octanol–water partition coefficient (Wildman–Crippen LogP) is 7.23. The number of rotatable bonds is 2. The van der Waals surface area contributed by atoms with Crippen LogP contribution >= 0.6 is 0 Å². The monoisotopic (exact) mass is 404 g/mol. The Morgan fingerprint density at radius 3 is 1.23 bits per heavy atom. The van der Waals surface area contributed by atoms with Crippen LogP contribution in [-0.2, 0) is 6.42 Å². The first-order valence-corrected chi connectivity index (χ1v) is 11.0. The number of nitrogens with zero attached hydrogens (tertiary/aromatic N) is 2. The van der Waals surface area contributed by atoms with Gasteiger partial charge in [0.1, 0.15) is 0 Å². The fourth-order valence-electron chi connectivity index (χ4n) is 5.32. The molecular weight excluding hydrogens is 376 g/mol. The zero-order valence-electron chi connectivity index (χ0n) is 19.2. The maximum absolute atomic E-state index is 5.15. The molecule has 0 amide bonds. The average molecular weight is 405 g/mol. The minimum Gasteiger partial charge on any atom is -0.246 e. The molecule has 1 aliphatic carbocycles. The summed E-state index contributed by atoms with van der Waals surface area (Å²) in [7, 11) is 0. The van der Waals surface area contributed by atoms with Gasteiger partial charge in [-0.1, -0.05) is 47.5 Å². The summed E-state index contributed by atoms with van der Waals surface area (Å²) in [5.41, 5.74) is 16.8. The number of hydrogen-bond acceptors (Lipinski definition) is 2. The number of aromatic nitrogens is 2. The number of fused-ring (bicyclic) bond motifs is 3. The second-order valence-electron chi connectivity index (χ2n) is 9.13. The predicted molar refractivity (Wildman–Crippen MR) is 130 cm³/mol. The standard InChI is InChI=1S/C29H28N2/c1-16-11-18(3)26(19(4)12-16)24-9-7-22-15-23-8-10-25(31-29(23)28(22)30-24)27-20(5)13-17(2)14-21(27)6/h7-14H,15H2,1-6H3. The van der Waals surface area contributed by atoms with E-state index in [1.165, 1.54) is 55.6 Å². The molecule has 0 spiro atoms. The Labute approximate surface area is 185 Å².